The number of aliphatic hydroxyl groups is 1. The first-order valence-electron chi connectivity index (χ1n) is 9.48. The number of anilines is 2. The van der Waals surface area contributed by atoms with Crippen LogP contribution in [0.25, 0.3) is 11.2 Å². The Hall–Kier alpha value is -3.27. The topological polar surface area (TPSA) is 109 Å². The fraction of sp³-hybridized carbons (Fsp3) is 0.421. The van der Waals surface area contributed by atoms with E-state index in [1.54, 1.807) is 18.7 Å². The average molecular weight is 400 g/mol. The maximum Gasteiger partial charge on any atom is 0.329 e. The zero-order valence-corrected chi connectivity index (χ0v) is 16.5. The largest absolute Gasteiger partial charge is 0.497 e. The van der Waals surface area contributed by atoms with Gasteiger partial charge in [0.25, 0.3) is 5.56 Å². The number of methoxy groups -OCH3 is 1. The normalized spacial score (nSPS) is 14.6. The zero-order chi connectivity index (χ0) is 20.5. The number of aromatic nitrogens is 4. The van der Waals surface area contributed by atoms with Gasteiger partial charge in [-0.2, -0.15) is 4.98 Å². The van der Waals surface area contributed by atoms with Gasteiger partial charge in [-0.3, -0.25) is 14.3 Å². The van der Waals surface area contributed by atoms with E-state index in [-0.39, 0.29) is 13.2 Å². The quantitative estimate of drug-likeness (QED) is 0.608. The van der Waals surface area contributed by atoms with Crippen LogP contribution < -0.4 is 25.8 Å². The molecule has 0 spiro atoms. The van der Waals surface area contributed by atoms with Gasteiger partial charge >= 0.3 is 5.69 Å². The van der Waals surface area contributed by atoms with Crippen LogP contribution in [0.2, 0.25) is 0 Å². The van der Waals surface area contributed by atoms with Crippen LogP contribution in [0.15, 0.2) is 33.9 Å². The van der Waals surface area contributed by atoms with Crippen molar-refractivity contribution in [1.29, 1.82) is 0 Å². The molecule has 2 aromatic heterocycles. The van der Waals surface area contributed by atoms with Gasteiger partial charge in [0, 0.05) is 45.5 Å². The van der Waals surface area contributed by atoms with Gasteiger partial charge in [0.1, 0.15) is 5.75 Å². The lowest BCUT2D eigenvalue weighted by atomic mass is 10.2. The Bertz CT molecular complexity index is 1120. The molecule has 1 saturated heterocycles. The molecule has 0 unspecified atom stereocenters. The van der Waals surface area contributed by atoms with E-state index in [4.69, 9.17) is 4.74 Å². The van der Waals surface area contributed by atoms with Crippen LogP contribution in [-0.2, 0) is 13.6 Å². The van der Waals surface area contributed by atoms with Gasteiger partial charge in [0.15, 0.2) is 11.2 Å². The second-order valence-electron chi connectivity index (χ2n) is 6.95. The molecule has 0 amide bonds. The van der Waals surface area contributed by atoms with Crippen LogP contribution in [0, 0.1) is 0 Å². The summed E-state index contributed by atoms with van der Waals surface area (Å²) in [5.74, 6) is 1.41. The van der Waals surface area contributed by atoms with Crippen molar-refractivity contribution in [3.05, 3.63) is 45.1 Å². The van der Waals surface area contributed by atoms with E-state index in [2.05, 4.69) is 19.8 Å². The number of nitrogens with zero attached hydrogens (tertiary/aromatic N) is 5. The number of piperazine rings is 1. The highest BCUT2D eigenvalue weighted by atomic mass is 16.5. The van der Waals surface area contributed by atoms with Crippen molar-refractivity contribution in [3.63, 3.8) is 0 Å². The number of benzene rings is 1. The molecular weight excluding hydrogens is 376 g/mol. The van der Waals surface area contributed by atoms with Gasteiger partial charge in [-0.1, -0.05) is 0 Å². The Morgan fingerprint density at radius 2 is 1.76 bits per heavy atom. The summed E-state index contributed by atoms with van der Waals surface area (Å²) < 4.78 is 8.23. The Balaban J connectivity index is 1.63. The SMILES string of the molecule is COc1ccc(N2CCN(c3nc4c(c(=O)[nH]c(=O)n4C)n3CCO)CC2)cc1. The number of ether oxygens (including phenoxy) is 1. The van der Waals surface area contributed by atoms with E-state index < -0.39 is 11.2 Å². The maximum absolute atomic E-state index is 12.4. The average Bonchev–Trinajstić information content (AvgIpc) is 3.13. The Morgan fingerprint density at radius 1 is 1.10 bits per heavy atom. The van der Waals surface area contributed by atoms with Crippen molar-refractivity contribution in [3.8, 4) is 5.75 Å². The number of imidazole rings is 1. The minimum absolute atomic E-state index is 0.132. The molecule has 4 rings (SSSR count). The summed E-state index contributed by atoms with van der Waals surface area (Å²) in [5, 5.41) is 9.50. The number of H-pyrrole nitrogens is 1. The van der Waals surface area contributed by atoms with Crippen LogP contribution in [-0.4, -0.2) is 64.1 Å². The van der Waals surface area contributed by atoms with E-state index in [0.29, 0.717) is 30.2 Å². The number of hydrogen-bond donors (Lipinski definition) is 2. The molecule has 0 saturated carbocycles. The van der Waals surface area contributed by atoms with Crippen molar-refractivity contribution in [1.82, 2.24) is 19.1 Å². The zero-order valence-electron chi connectivity index (χ0n) is 16.5. The van der Waals surface area contributed by atoms with Crippen molar-refractivity contribution < 1.29 is 9.84 Å². The lowest BCUT2D eigenvalue weighted by Gasteiger charge is -2.36. The van der Waals surface area contributed by atoms with Gasteiger partial charge in [-0.15, -0.1) is 0 Å². The third-order valence-electron chi connectivity index (χ3n) is 5.31. The molecule has 0 radical (unpaired) electrons. The molecular formula is C19H24N6O4. The summed E-state index contributed by atoms with van der Waals surface area (Å²) >= 11 is 0. The van der Waals surface area contributed by atoms with Crippen LogP contribution >= 0.6 is 0 Å². The summed E-state index contributed by atoms with van der Waals surface area (Å²) in [5.41, 5.74) is 0.737. The monoisotopic (exact) mass is 400 g/mol. The second-order valence-corrected chi connectivity index (χ2v) is 6.95. The standard InChI is InChI=1S/C19H24N6O4/c1-22-16-15(17(27)21-19(22)28)25(11-12-26)18(20-16)24-9-7-23(8-10-24)13-3-5-14(29-2)6-4-13/h3-6,26H,7-12H2,1-2H3,(H,21,27,28). The summed E-state index contributed by atoms with van der Waals surface area (Å²) in [6, 6.07) is 7.94. The van der Waals surface area contributed by atoms with E-state index in [1.165, 1.54) is 4.57 Å². The van der Waals surface area contributed by atoms with Crippen LogP contribution in [0.4, 0.5) is 11.6 Å². The lowest BCUT2D eigenvalue weighted by Crippen LogP contribution is -2.47. The van der Waals surface area contributed by atoms with Gasteiger partial charge in [-0.05, 0) is 24.3 Å². The van der Waals surface area contributed by atoms with Gasteiger partial charge in [-0.25, -0.2) is 4.79 Å². The summed E-state index contributed by atoms with van der Waals surface area (Å²) in [4.78, 5) is 35.6. The van der Waals surface area contributed by atoms with Gasteiger partial charge < -0.3 is 24.2 Å². The highest BCUT2D eigenvalue weighted by molar-refractivity contribution is 5.74. The molecule has 154 valence electrons. The molecule has 0 atom stereocenters. The molecule has 1 aliphatic heterocycles. The minimum atomic E-state index is -0.507. The number of aryl methyl sites for hydroxylation is 1. The fourth-order valence-electron chi connectivity index (χ4n) is 3.73. The fourth-order valence-corrected chi connectivity index (χ4v) is 3.73. The Morgan fingerprint density at radius 3 is 2.38 bits per heavy atom. The van der Waals surface area contributed by atoms with Crippen LogP contribution in [0.5, 0.6) is 5.75 Å². The van der Waals surface area contributed by atoms with Crippen molar-refractivity contribution >= 4 is 22.8 Å². The first-order valence-corrected chi connectivity index (χ1v) is 9.48. The number of nitrogens with one attached hydrogen (secondary N) is 1. The third kappa shape index (κ3) is 3.35. The first kappa shape index (κ1) is 19.1. The van der Waals surface area contributed by atoms with Gasteiger partial charge in [0.2, 0.25) is 5.95 Å². The van der Waals surface area contributed by atoms with Crippen molar-refractivity contribution in [2.24, 2.45) is 7.05 Å². The highest BCUT2D eigenvalue weighted by Crippen LogP contribution is 2.24. The van der Waals surface area contributed by atoms with E-state index in [0.717, 1.165) is 24.5 Å². The lowest BCUT2D eigenvalue weighted by molar-refractivity contribution is 0.278. The molecule has 3 aromatic rings. The van der Waals surface area contributed by atoms with Crippen LogP contribution in [0.3, 0.4) is 0 Å². The summed E-state index contributed by atoms with van der Waals surface area (Å²) in [7, 11) is 3.22. The molecule has 29 heavy (non-hydrogen) atoms. The maximum atomic E-state index is 12.4. The van der Waals surface area contributed by atoms with E-state index >= 15 is 0 Å². The number of aromatic amines is 1. The predicted molar refractivity (Wildman–Crippen MR) is 110 cm³/mol. The molecule has 1 fully saturated rings. The number of fused-ring (bicyclic) bond motifs is 1. The number of aliphatic hydroxyl groups excluding tert-OH is 1. The van der Waals surface area contributed by atoms with E-state index in [9.17, 15) is 14.7 Å². The Kier molecular flexibility index (Phi) is 5.01. The third-order valence-corrected chi connectivity index (χ3v) is 5.31. The molecule has 1 aromatic carbocycles. The molecule has 0 bridgehead atoms. The number of hydrogen-bond acceptors (Lipinski definition) is 7. The highest BCUT2D eigenvalue weighted by Gasteiger charge is 2.24. The minimum Gasteiger partial charge on any atom is -0.497 e. The summed E-state index contributed by atoms with van der Waals surface area (Å²) in [6.45, 7) is 3.06. The van der Waals surface area contributed by atoms with Crippen molar-refractivity contribution in [2.45, 2.75) is 6.54 Å². The molecule has 3 heterocycles. The summed E-state index contributed by atoms with van der Waals surface area (Å²) in [6.07, 6.45) is 0. The molecule has 2 N–H and O–H groups in total. The van der Waals surface area contributed by atoms with Gasteiger partial charge in [0.05, 0.1) is 13.7 Å². The second kappa shape index (κ2) is 7.63. The predicted octanol–water partition coefficient (Wildman–Crippen LogP) is -0.249. The van der Waals surface area contributed by atoms with Crippen LogP contribution in [0.1, 0.15) is 0 Å². The molecule has 1 aliphatic rings. The first-order chi connectivity index (χ1) is 14.0. The molecule has 10 heteroatoms. The van der Waals surface area contributed by atoms with Crippen molar-refractivity contribution in [2.75, 3.05) is 49.7 Å². The molecule has 0 aliphatic carbocycles. The Labute approximate surface area is 166 Å². The molecule has 10 nitrogen and oxygen atoms in total. The smallest absolute Gasteiger partial charge is 0.329 e. The number of rotatable bonds is 5. The van der Waals surface area contributed by atoms with E-state index in [1.807, 2.05) is 24.3 Å².